The predicted octanol–water partition coefficient (Wildman–Crippen LogP) is 5.86. The van der Waals surface area contributed by atoms with E-state index in [-0.39, 0.29) is 11.3 Å². The highest BCUT2D eigenvalue weighted by Gasteiger charge is 2.32. The van der Waals surface area contributed by atoms with Gasteiger partial charge in [-0.1, -0.05) is 66.2 Å². The number of benzene rings is 3. The lowest BCUT2D eigenvalue weighted by atomic mass is 10.0. The van der Waals surface area contributed by atoms with E-state index in [4.69, 9.17) is 0 Å². The van der Waals surface area contributed by atoms with Crippen molar-refractivity contribution in [2.75, 3.05) is 12.3 Å². The lowest BCUT2D eigenvalue weighted by molar-refractivity contribution is 0.0760. The third-order valence-electron chi connectivity index (χ3n) is 5.08. The van der Waals surface area contributed by atoms with Crippen molar-refractivity contribution in [3.8, 4) is 11.1 Å². The van der Waals surface area contributed by atoms with Crippen LogP contribution in [0.2, 0.25) is 0 Å². The van der Waals surface area contributed by atoms with E-state index in [0.29, 0.717) is 0 Å². The van der Waals surface area contributed by atoms with Crippen molar-refractivity contribution in [2.24, 2.45) is 0 Å². The van der Waals surface area contributed by atoms with Crippen LogP contribution in [-0.2, 0) is 0 Å². The second kappa shape index (κ2) is 7.61. The van der Waals surface area contributed by atoms with Gasteiger partial charge in [-0.25, -0.2) is 0 Å². The molecule has 1 unspecified atom stereocenters. The summed E-state index contributed by atoms with van der Waals surface area (Å²) in [6.45, 7) is 5.04. The molecular weight excluding hydrogens is 350 g/mol. The number of hydrogen-bond acceptors (Lipinski definition) is 2. The van der Waals surface area contributed by atoms with Crippen LogP contribution in [0.25, 0.3) is 11.1 Å². The Hall–Kier alpha value is -2.52. The number of carbonyl (C=O) groups is 1. The van der Waals surface area contributed by atoms with Crippen LogP contribution in [0.5, 0.6) is 0 Å². The van der Waals surface area contributed by atoms with Crippen LogP contribution in [0.1, 0.15) is 32.4 Å². The molecule has 3 aromatic rings. The van der Waals surface area contributed by atoms with Gasteiger partial charge < -0.3 is 4.90 Å². The minimum Gasteiger partial charge on any atom is -0.322 e. The summed E-state index contributed by atoms with van der Waals surface area (Å²) in [6, 6.07) is 24.7. The van der Waals surface area contributed by atoms with Crippen molar-refractivity contribution in [3.63, 3.8) is 0 Å². The van der Waals surface area contributed by atoms with Gasteiger partial charge in [0.1, 0.15) is 5.37 Å². The van der Waals surface area contributed by atoms with Crippen molar-refractivity contribution < 1.29 is 4.79 Å². The SMILES string of the molecule is Cc1ccc(C2SCCN2C(=O)c2ccc(-c3ccccc3)cc2)c(C)c1. The molecule has 1 aliphatic rings. The van der Waals surface area contributed by atoms with Crippen molar-refractivity contribution in [1.29, 1.82) is 0 Å². The Kier molecular flexibility index (Phi) is 5.04. The highest BCUT2D eigenvalue weighted by molar-refractivity contribution is 7.99. The predicted molar refractivity (Wildman–Crippen MR) is 114 cm³/mol. The second-order valence-electron chi connectivity index (χ2n) is 7.03. The normalized spacial score (nSPS) is 16.5. The van der Waals surface area contributed by atoms with Crippen molar-refractivity contribution in [1.82, 2.24) is 4.90 Å². The molecule has 1 saturated heterocycles. The summed E-state index contributed by atoms with van der Waals surface area (Å²) in [5, 5.41) is 0.104. The summed E-state index contributed by atoms with van der Waals surface area (Å²) in [5.41, 5.74) is 6.82. The molecule has 0 N–H and O–H groups in total. The summed E-state index contributed by atoms with van der Waals surface area (Å²) < 4.78 is 0. The van der Waals surface area contributed by atoms with Crippen LogP contribution in [0.4, 0.5) is 0 Å². The molecule has 136 valence electrons. The molecule has 0 spiro atoms. The number of aryl methyl sites for hydroxylation is 2. The molecule has 0 saturated carbocycles. The van der Waals surface area contributed by atoms with Gasteiger partial charge in [0.25, 0.3) is 5.91 Å². The second-order valence-corrected chi connectivity index (χ2v) is 8.21. The molecule has 1 aliphatic heterocycles. The van der Waals surface area contributed by atoms with Gasteiger partial charge in [0.15, 0.2) is 0 Å². The molecule has 1 amide bonds. The molecule has 27 heavy (non-hydrogen) atoms. The fourth-order valence-corrected chi connectivity index (χ4v) is 4.99. The van der Waals surface area contributed by atoms with Gasteiger partial charge >= 0.3 is 0 Å². The number of amides is 1. The molecular formula is C24H23NOS. The highest BCUT2D eigenvalue weighted by atomic mass is 32.2. The Balaban J connectivity index is 1.58. The van der Waals surface area contributed by atoms with Gasteiger partial charge in [0.2, 0.25) is 0 Å². The van der Waals surface area contributed by atoms with Crippen molar-refractivity contribution in [3.05, 3.63) is 95.1 Å². The van der Waals surface area contributed by atoms with E-state index in [1.807, 2.05) is 59.1 Å². The first-order chi connectivity index (χ1) is 13.1. The summed E-state index contributed by atoms with van der Waals surface area (Å²) in [5.74, 6) is 1.09. The van der Waals surface area contributed by atoms with Crippen LogP contribution in [0.3, 0.4) is 0 Å². The molecule has 4 rings (SSSR count). The highest BCUT2D eigenvalue weighted by Crippen LogP contribution is 2.40. The molecule has 0 aromatic heterocycles. The van der Waals surface area contributed by atoms with Crippen molar-refractivity contribution in [2.45, 2.75) is 19.2 Å². The molecule has 2 nitrogen and oxygen atoms in total. The van der Waals surface area contributed by atoms with Gasteiger partial charge in [0, 0.05) is 17.9 Å². The van der Waals surface area contributed by atoms with Crippen LogP contribution >= 0.6 is 11.8 Å². The maximum atomic E-state index is 13.2. The van der Waals surface area contributed by atoms with Crippen LogP contribution in [0.15, 0.2) is 72.8 Å². The maximum Gasteiger partial charge on any atom is 0.255 e. The summed E-state index contributed by atoms with van der Waals surface area (Å²) in [7, 11) is 0. The molecule has 0 aliphatic carbocycles. The van der Waals surface area contributed by atoms with Gasteiger partial charge in [-0.2, -0.15) is 0 Å². The van der Waals surface area contributed by atoms with Gasteiger partial charge in [-0.05, 0) is 48.2 Å². The third-order valence-corrected chi connectivity index (χ3v) is 6.32. The minimum absolute atomic E-state index is 0.104. The Labute approximate surface area is 165 Å². The van der Waals surface area contributed by atoms with Gasteiger partial charge in [-0.15, -0.1) is 11.8 Å². The van der Waals surface area contributed by atoms with E-state index in [2.05, 4.69) is 44.2 Å². The molecule has 1 heterocycles. The maximum absolute atomic E-state index is 13.2. The molecule has 0 radical (unpaired) electrons. The smallest absolute Gasteiger partial charge is 0.255 e. The average Bonchev–Trinajstić information content (AvgIpc) is 3.18. The Morgan fingerprint density at radius 2 is 1.63 bits per heavy atom. The standard InChI is InChI=1S/C24H23NOS/c1-17-8-13-22(18(2)16-17)24-25(14-15-27-24)23(26)21-11-9-20(10-12-21)19-6-4-3-5-7-19/h3-13,16,24H,14-15H2,1-2H3. The summed E-state index contributed by atoms with van der Waals surface area (Å²) >= 11 is 1.85. The summed E-state index contributed by atoms with van der Waals surface area (Å²) in [6.07, 6.45) is 0. The van der Waals surface area contributed by atoms with Crippen LogP contribution < -0.4 is 0 Å². The lowest BCUT2D eigenvalue weighted by Gasteiger charge is -2.25. The van der Waals surface area contributed by atoms with Gasteiger partial charge in [0.05, 0.1) is 0 Å². The molecule has 1 atom stereocenters. The van der Waals surface area contributed by atoms with E-state index in [1.54, 1.807) is 0 Å². The first-order valence-electron chi connectivity index (χ1n) is 9.29. The Bertz CT molecular complexity index is 950. The molecule has 1 fully saturated rings. The van der Waals surface area contributed by atoms with Crippen molar-refractivity contribution >= 4 is 17.7 Å². The molecule has 3 heteroatoms. The number of rotatable bonds is 3. The number of thioether (sulfide) groups is 1. The van der Waals surface area contributed by atoms with E-state index in [1.165, 1.54) is 22.3 Å². The van der Waals surface area contributed by atoms with Gasteiger partial charge in [-0.3, -0.25) is 4.79 Å². The molecule has 0 bridgehead atoms. The third kappa shape index (κ3) is 3.65. The van der Waals surface area contributed by atoms with Crippen LogP contribution in [-0.4, -0.2) is 23.1 Å². The Morgan fingerprint density at radius 1 is 0.926 bits per heavy atom. The monoisotopic (exact) mass is 373 g/mol. The zero-order valence-corrected chi connectivity index (χ0v) is 16.5. The molecule has 3 aromatic carbocycles. The largest absolute Gasteiger partial charge is 0.322 e. The number of carbonyl (C=O) groups excluding carboxylic acids is 1. The first-order valence-corrected chi connectivity index (χ1v) is 10.3. The minimum atomic E-state index is 0.104. The lowest BCUT2D eigenvalue weighted by Crippen LogP contribution is -2.30. The van der Waals surface area contributed by atoms with E-state index < -0.39 is 0 Å². The first kappa shape index (κ1) is 17.9. The average molecular weight is 374 g/mol. The number of hydrogen-bond donors (Lipinski definition) is 0. The zero-order chi connectivity index (χ0) is 18.8. The fourth-order valence-electron chi connectivity index (χ4n) is 3.64. The number of nitrogens with zero attached hydrogens (tertiary/aromatic N) is 1. The summed E-state index contributed by atoms with van der Waals surface area (Å²) in [4.78, 5) is 15.2. The topological polar surface area (TPSA) is 20.3 Å². The Morgan fingerprint density at radius 3 is 2.33 bits per heavy atom. The zero-order valence-electron chi connectivity index (χ0n) is 15.7. The van der Waals surface area contributed by atoms with E-state index >= 15 is 0 Å². The fraction of sp³-hybridized carbons (Fsp3) is 0.208. The van der Waals surface area contributed by atoms with E-state index in [0.717, 1.165) is 23.4 Å². The van der Waals surface area contributed by atoms with E-state index in [9.17, 15) is 4.79 Å². The quantitative estimate of drug-likeness (QED) is 0.573. The van der Waals surface area contributed by atoms with Crippen LogP contribution in [0, 0.1) is 13.8 Å².